The van der Waals surface area contributed by atoms with Gasteiger partial charge in [-0.25, -0.2) is 0 Å². The number of nitrogens with zero attached hydrogens (tertiary/aromatic N) is 3. The fourth-order valence-electron chi connectivity index (χ4n) is 3.03. The summed E-state index contributed by atoms with van der Waals surface area (Å²) in [5.74, 6) is 0.789. The number of fused-ring (bicyclic) bond motifs is 1. The number of aryl methyl sites for hydroxylation is 3. The van der Waals surface area contributed by atoms with Gasteiger partial charge in [0.25, 0.3) is 5.91 Å². The number of furan rings is 1. The second-order valence-electron chi connectivity index (χ2n) is 6.48. The molecule has 3 aromatic rings. The molecule has 0 radical (unpaired) electrons. The molecule has 0 aliphatic rings. The Labute approximate surface area is 152 Å². The molecular weight excluding hydrogens is 332 g/mol. The molecule has 7 nitrogen and oxygen atoms in total. The summed E-state index contributed by atoms with van der Waals surface area (Å²) in [6.45, 7) is 7.20. The van der Waals surface area contributed by atoms with Gasteiger partial charge in [-0.1, -0.05) is 11.6 Å². The minimum atomic E-state index is -0.290. The molecule has 26 heavy (non-hydrogen) atoms. The number of rotatable bonds is 7. The Kier molecular flexibility index (Phi) is 5.37. The van der Waals surface area contributed by atoms with E-state index in [-0.39, 0.29) is 11.9 Å². The third-order valence-corrected chi connectivity index (χ3v) is 4.43. The number of benzene rings is 1. The van der Waals surface area contributed by atoms with Crippen LogP contribution < -0.4 is 5.32 Å². The van der Waals surface area contributed by atoms with Crippen LogP contribution in [-0.4, -0.2) is 34.4 Å². The fourth-order valence-corrected chi connectivity index (χ4v) is 3.03. The lowest BCUT2D eigenvalue weighted by molar-refractivity contribution is 0.0910. The molecule has 1 amide bonds. The van der Waals surface area contributed by atoms with E-state index in [1.165, 1.54) is 0 Å². The van der Waals surface area contributed by atoms with Gasteiger partial charge in [0.15, 0.2) is 11.6 Å². The van der Waals surface area contributed by atoms with Crippen LogP contribution in [0.15, 0.2) is 28.9 Å². The summed E-state index contributed by atoms with van der Waals surface area (Å²) < 4.78 is 12.8. The number of methoxy groups -OCH3 is 1. The van der Waals surface area contributed by atoms with Crippen molar-refractivity contribution in [1.82, 2.24) is 20.1 Å². The van der Waals surface area contributed by atoms with Crippen LogP contribution in [-0.2, 0) is 11.3 Å². The number of nitrogens with one attached hydrogen (secondary N) is 1. The summed E-state index contributed by atoms with van der Waals surface area (Å²) in [5.41, 5.74) is 2.69. The molecular formula is C19H24N4O3. The number of ether oxygens (including phenoxy) is 1. The Hall–Kier alpha value is -2.67. The number of carbonyl (C=O) groups is 1. The average molecular weight is 356 g/mol. The quantitative estimate of drug-likeness (QED) is 0.658. The van der Waals surface area contributed by atoms with E-state index in [1.54, 1.807) is 13.4 Å². The molecule has 1 N–H and O–H groups in total. The van der Waals surface area contributed by atoms with Gasteiger partial charge in [0.1, 0.15) is 11.9 Å². The van der Waals surface area contributed by atoms with Crippen molar-refractivity contribution in [2.75, 3.05) is 13.7 Å². The van der Waals surface area contributed by atoms with Gasteiger partial charge < -0.3 is 19.0 Å². The highest BCUT2D eigenvalue weighted by Crippen LogP contribution is 2.26. The number of hydrogen-bond acceptors (Lipinski definition) is 5. The summed E-state index contributed by atoms with van der Waals surface area (Å²) in [6, 6.07) is 5.60. The molecule has 0 saturated carbocycles. The number of hydrogen-bond donors (Lipinski definition) is 1. The first-order valence-corrected chi connectivity index (χ1v) is 8.68. The first-order valence-electron chi connectivity index (χ1n) is 8.68. The zero-order valence-electron chi connectivity index (χ0n) is 15.6. The topological polar surface area (TPSA) is 82.2 Å². The highest BCUT2D eigenvalue weighted by Gasteiger charge is 2.22. The molecule has 7 heteroatoms. The molecule has 3 rings (SSSR count). The second-order valence-corrected chi connectivity index (χ2v) is 6.48. The number of carbonyl (C=O) groups excluding carboxylic acids is 1. The highest BCUT2D eigenvalue weighted by molar-refractivity contribution is 5.99. The van der Waals surface area contributed by atoms with Crippen molar-refractivity contribution in [3.05, 3.63) is 47.2 Å². The summed E-state index contributed by atoms with van der Waals surface area (Å²) in [7, 11) is 1.67. The summed E-state index contributed by atoms with van der Waals surface area (Å²) in [4.78, 5) is 12.7. The van der Waals surface area contributed by atoms with Crippen molar-refractivity contribution in [1.29, 1.82) is 0 Å². The lowest BCUT2D eigenvalue weighted by atomic mass is 10.1. The first-order chi connectivity index (χ1) is 12.5. The van der Waals surface area contributed by atoms with Crippen molar-refractivity contribution < 1.29 is 13.9 Å². The SMILES string of the molecule is COCCCn1cnnc1[C@@H](C)NC(=O)c1oc2ccc(C)cc2c1C. The Morgan fingerprint density at radius 1 is 1.38 bits per heavy atom. The van der Waals surface area contributed by atoms with E-state index in [9.17, 15) is 4.79 Å². The monoisotopic (exact) mass is 356 g/mol. The molecule has 0 bridgehead atoms. The van der Waals surface area contributed by atoms with Crippen molar-refractivity contribution >= 4 is 16.9 Å². The summed E-state index contributed by atoms with van der Waals surface area (Å²) in [6.07, 6.45) is 2.52. The van der Waals surface area contributed by atoms with Gasteiger partial charge in [0.05, 0.1) is 6.04 Å². The van der Waals surface area contributed by atoms with E-state index in [0.717, 1.165) is 29.5 Å². The molecule has 0 saturated heterocycles. The van der Waals surface area contributed by atoms with Crippen LogP contribution in [0.4, 0.5) is 0 Å². The Bertz CT molecular complexity index is 913. The number of amides is 1. The van der Waals surface area contributed by atoms with E-state index in [4.69, 9.17) is 9.15 Å². The molecule has 0 aliphatic heterocycles. The molecule has 1 atom stereocenters. The van der Waals surface area contributed by atoms with Gasteiger partial charge in [-0.3, -0.25) is 4.79 Å². The van der Waals surface area contributed by atoms with Crippen molar-refractivity contribution in [3.63, 3.8) is 0 Å². The van der Waals surface area contributed by atoms with Crippen LogP contribution in [0.5, 0.6) is 0 Å². The molecule has 0 spiro atoms. The molecule has 138 valence electrons. The van der Waals surface area contributed by atoms with Gasteiger partial charge in [-0.15, -0.1) is 10.2 Å². The summed E-state index contributed by atoms with van der Waals surface area (Å²) >= 11 is 0. The van der Waals surface area contributed by atoms with E-state index in [0.29, 0.717) is 23.8 Å². The van der Waals surface area contributed by atoms with Crippen molar-refractivity contribution in [2.24, 2.45) is 0 Å². The smallest absolute Gasteiger partial charge is 0.287 e. The largest absolute Gasteiger partial charge is 0.451 e. The van der Waals surface area contributed by atoms with Crippen LogP contribution in [0, 0.1) is 13.8 Å². The highest BCUT2D eigenvalue weighted by atomic mass is 16.5. The molecule has 0 aliphatic carbocycles. The van der Waals surface area contributed by atoms with E-state index in [2.05, 4.69) is 15.5 Å². The first kappa shape index (κ1) is 18.1. The van der Waals surface area contributed by atoms with Crippen LogP contribution in [0.2, 0.25) is 0 Å². The lowest BCUT2D eigenvalue weighted by Crippen LogP contribution is -2.29. The Morgan fingerprint density at radius 2 is 2.19 bits per heavy atom. The van der Waals surface area contributed by atoms with Crippen molar-refractivity contribution in [2.45, 2.75) is 39.8 Å². The van der Waals surface area contributed by atoms with Gasteiger partial charge in [0, 0.05) is 31.2 Å². The molecule has 2 aromatic heterocycles. The van der Waals surface area contributed by atoms with Crippen LogP contribution in [0.3, 0.4) is 0 Å². The van der Waals surface area contributed by atoms with Crippen LogP contribution in [0.25, 0.3) is 11.0 Å². The average Bonchev–Trinajstić information content (AvgIpc) is 3.20. The summed E-state index contributed by atoms with van der Waals surface area (Å²) in [5, 5.41) is 12.0. The molecule has 1 aromatic carbocycles. The standard InChI is InChI=1S/C19H24N4O3/c1-12-6-7-16-15(10-12)13(2)17(26-16)19(24)21-14(3)18-22-20-11-23(18)8-5-9-25-4/h6-7,10-11,14H,5,8-9H2,1-4H3,(H,21,24)/t14-/m1/s1. The van der Waals surface area contributed by atoms with E-state index < -0.39 is 0 Å². The third kappa shape index (κ3) is 3.62. The molecule has 0 unspecified atom stereocenters. The van der Waals surface area contributed by atoms with Gasteiger partial charge in [-0.2, -0.15) is 0 Å². The van der Waals surface area contributed by atoms with Crippen LogP contribution >= 0.6 is 0 Å². The zero-order chi connectivity index (χ0) is 18.7. The van der Waals surface area contributed by atoms with Crippen molar-refractivity contribution in [3.8, 4) is 0 Å². The molecule has 2 heterocycles. The van der Waals surface area contributed by atoms with E-state index in [1.807, 2.05) is 43.5 Å². The van der Waals surface area contributed by atoms with Gasteiger partial charge >= 0.3 is 0 Å². The second kappa shape index (κ2) is 7.70. The van der Waals surface area contributed by atoms with Gasteiger partial charge in [-0.05, 0) is 39.3 Å². The third-order valence-electron chi connectivity index (χ3n) is 4.43. The Morgan fingerprint density at radius 3 is 2.96 bits per heavy atom. The normalized spacial score (nSPS) is 12.5. The fraction of sp³-hybridized carbons (Fsp3) is 0.421. The van der Waals surface area contributed by atoms with Crippen LogP contribution in [0.1, 0.15) is 46.9 Å². The maximum Gasteiger partial charge on any atom is 0.287 e. The minimum absolute atomic E-state index is 0.254. The zero-order valence-corrected chi connectivity index (χ0v) is 15.6. The predicted octanol–water partition coefficient (Wildman–Crippen LogP) is 3.17. The lowest BCUT2D eigenvalue weighted by Gasteiger charge is -2.14. The minimum Gasteiger partial charge on any atom is -0.451 e. The van der Waals surface area contributed by atoms with Gasteiger partial charge in [0.2, 0.25) is 0 Å². The Balaban J connectivity index is 1.76. The number of aromatic nitrogens is 3. The van der Waals surface area contributed by atoms with E-state index >= 15 is 0 Å². The maximum atomic E-state index is 12.7. The molecule has 0 fully saturated rings. The predicted molar refractivity (Wildman–Crippen MR) is 98.1 cm³/mol. The maximum absolute atomic E-state index is 12.7.